The third-order valence-electron chi connectivity index (χ3n) is 3.22. The van der Waals surface area contributed by atoms with Crippen molar-refractivity contribution in [1.82, 2.24) is 5.32 Å². The molecule has 1 aromatic carbocycles. The lowest BCUT2D eigenvalue weighted by molar-refractivity contribution is 0.0239. The molecular weight excluding hydrogens is 297 g/mol. The van der Waals surface area contributed by atoms with E-state index in [0.29, 0.717) is 6.61 Å². The van der Waals surface area contributed by atoms with Gasteiger partial charge >= 0.3 is 7.12 Å². The SMILES string of the molecule is CN[C@H]1OB2OC(C)(C)COc3ccc(Br)c1c32. The standard InChI is InChI=1S/C12H15BBrNO3/c1-12(2)6-16-8-5-4-7(14)9-10(8)13(18-12)17-11(9)15-3/h4-5,11,15H,6H2,1-3H3/t11-/m0/s1. The monoisotopic (exact) mass is 311 g/mol. The fourth-order valence-corrected chi connectivity index (χ4v) is 2.91. The molecule has 0 fully saturated rings. The minimum Gasteiger partial charge on any atom is -0.491 e. The van der Waals surface area contributed by atoms with E-state index in [-0.39, 0.29) is 18.9 Å². The molecule has 0 amide bonds. The van der Waals surface area contributed by atoms with Crippen LogP contribution in [0, 0.1) is 0 Å². The van der Waals surface area contributed by atoms with Gasteiger partial charge < -0.3 is 14.0 Å². The van der Waals surface area contributed by atoms with Gasteiger partial charge in [0, 0.05) is 15.5 Å². The first-order chi connectivity index (χ1) is 8.52. The molecule has 0 unspecified atom stereocenters. The molecule has 1 atom stereocenters. The van der Waals surface area contributed by atoms with Crippen LogP contribution in [0.4, 0.5) is 0 Å². The molecular formula is C12H15BBrNO3. The second kappa shape index (κ2) is 4.23. The summed E-state index contributed by atoms with van der Waals surface area (Å²) in [4.78, 5) is 0. The normalized spacial score (nSPS) is 24.4. The fourth-order valence-electron chi connectivity index (χ4n) is 2.36. The van der Waals surface area contributed by atoms with Gasteiger partial charge in [-0.1, -0.05) is 15.9 Å². The molecule has 2 aliphatic heterocycles. The Kier molecular flexibility index (Phi) is 2.93. The Labute approximate surface area is 115 Å². The van der Waals surface area contributed by atoms with Crippen LogP contribution in [0.2, 0.25) is 0 Å². The summed E-state index contributed by atoms with van der Waals surface area (Å²) in [5, 5.41) is 3.14. The molecule has 3 rings (SSSR count). The summed E-state index contributed by atoms with van der Waals surface area (Å²) in [7, 11) is 1.50. The lowest BCUT2D eigenvalue weighted by atomic mass is 9.77. The van der Waals surface area contributed by atoms with Gasteiger partial charge in [-0.2, -0.15) is 0 Å². The van der Waals surface area contributed by atoms with Crippen LogP contribution in [-0.4, -0.2) is 26.4 Å². The summed E-state index contributed by atoms with van der Waals surface area (Å²) in [5.74, 6) is 0.849. The van der Waals surface area contributed by atoms with E-state index < -0.39 is 0 Å². The molecule has 0 aliphatic carbocycles. The van der Waals surface area contributed by atoms with E-state index in [1.54, 1.807) is 0 Å². The van der Waals surface area contributed by atoms with E-state index >= 15 is 0 Å². The first-order valence-electron chi connectivity index (χ1n) is 5.97. The van der Waals surface area contributed by atoms with Gasteiger partial charge in [0.05, 0.1) is 5.60 Å². The van der Waals surface area contributed by atoms with Crippen LogP contribution in [0.25, 0.3) is 0 Å². The Hall–Kier alpha value is -0.555. The Morgan fingerprint density at radius 1 is 1.44 bits per heavy atom. The molecule has 96 valence electrons. The van der Waals surface area contributed by atoms with Crippen molar-refractivity contribution in [2.45, 2.75) is 25.7 Å². The van der Waals surface area contributed by atoms with Crippen molar-refractivity contribution in [1.29, 1.82) is 0 Å². The van der Waals surface area contributed by atoms with Crippen molar-refractivity contribution < 1.29 is 14.0 Å². The van der Waals surface area contributed by atoms with Crippen LogP contribution in [-0.2, 0) is 9.31 Å². The minimum atomic E-state index is -0.373. The summed E-state index contributed by atoms with van der Waals surface area (Å²) in [5.41, 5.74) is 1.70. The van der Waals surface area contributed by atoms with Gasteiger partial charge in [-0.05, 0) is 33.0 Å². The zero-order valence-electron chi connectivity index (χ0n) is 10.6. The van der Waals surface area contributed by atoms with Gasteiger partial charge in [0.2, 0.25) is 0 Å². The Morgan fingerprint density at radius 2 is 2.22 bits per heavy atom. The molecule has 2 aliphatic rings. The van der Waals surface area contributed by atoms with E-state index in [1.165, 1.54) is 0 Å². The Morgan fingerprint density at radius 3 is 2.94 bits per heavy atom. The summed E-state index contributed by atoms with van der Waals surface area (Å²) >= 11 is 3.57. The quantitative estimate of drug-likeness (QED) is 0.799. The summed E-state index contributed by atoms with van der Waals surface area (Å²) in [6.45, 7) is 4.53. The van der Waals surface area contributed by atoms with Crippen LogP contribution in [0.15, 0.2) is 16.6 Å². The van der Waals surface area contributed by atoms with Crippen molar-refractivity contribution in [3.8, 4) is 5.75 Å². The van der Waals surface area contributed by atoms with E-state index in [1.807, 2.05) is 33.0 Å². The van der Waals surface area contributed by atoms with E-state index in [9.17, 15) is 0 Å². The molecule has 18 heavy (non-hydrogen) atoms. The first kappa shape index (κ1) is 12.5. The van der Waals surface area contributed by atoms with Gasteiger partial charge in [-0.25, -0.2) is 0 Å². The van der Waals surface area contributed by atoms with Crippen molar-refractivity contribution in [2.24, 2.45) is 0 Å². The number of hydrogen-bond donors (Lipinski definition) is 1. The first-order valence-corrected chi connectivity index (χ1v) is 6.77. The summed E-state index contributed by atoms with van der Waals surface area (Å²) < 4.78 is 18.8. The van der Waals surface area contributed by atoms with Crippen molar-refractivity contribution in [3.63, 3.8) is 0 Å². The molecule has 0 spiro atoms. The van der Waals surface area contributed by atoms with Gasteiger partial charge in [-0.3, -0.25) is 5.32 Å². The second-order valence-corrected chi connectivity index (χ2v) is 6.03. The van der Waals surface area contributed by atoms with E-state index in [0.717, 1.165) is 21.2 Å². The molecule has 0 saturated carbocycles. The molecule has 0 saturated heterocycles. The zero-order chi connectivity index (χ0) is 12.9. The number of hydrogen-bond acceptors (Lipinski definition) is 4. The third kappa shape index (κ3) is 1.88. The number of rotatable bonds is 1. The predicted octanol–water partition coefficient (Wildman–Crippen LogP) is 1.58. The molecule has 1 N–H and O–H groups in total. The average molecular weight is 312 g/mol. The van der Waals surface area contributed by atoms with Crippen LogP contribution in [0.3, 0.4) is 0 Å². The van der Waals surface area contributed by atoms with E-state index in [4.69, 9.17) is 14.0 Å². The molecule has 0 aromatic heterocycles. The fraction of sp³-hybridized carbons (Fsp3) is 0.500. The maximum atomic E-state index is 6.01. The average Bonchev–Trinajstić information content (AvgIpc) is 2.61. The second-order valence-electron chi connectivity index (χ2n) is 5.18. The highest BCUT2D eigenvalue weighted by atomic mass is 79.9. The van der Waals surface area contributed by atoms with Gasteiger partial charge in [0.1, 0.15) is 18.6 Å². The molecule has 2 heterocycles. The highest BCUT2D eigenvalue weighted by Gasteiger charge is 2.46. The maximum absolute atomic E-state index is 6.01. The largest absolute Gasteiger partial charge is 0.500 e. The molecule has 1 aromatic rings. The molecule has 0 bridgehead atoms. The maximum Gasteiger partial charge on any atom is 0.500 e. The van der Waals surface area contributed by atoms with Crippen molar-refractivity contribution >= 4 is 28.5 Å². The highest BCUT2D eigenvalue weighted by Crippen LogP contribution is 2.35. The van der Waals surface area contributed by atoms with Crippen molar-refractivity contribution in [2.75, 3.05) is 13.7 Å². The topological polar surface area (TPSA) is 39.7 Å². The zero-order valence-corrected chi connectivity index (χ0v) is 12.2. The van der Waals surface area contributed by atoms with Gasteiger partial charge in [0.15, 0.2) is 0 Å². The third-order valence-corrected chi connectivity index (χ3v) is 3.91. The number of halogens is 1. The lowest BCUT2D eigenvalue weighted by Gasteiger charge is -2.25. The van der Waals surface area contributed by atoms with Crippen LogP contribution < -0.4 is 15.5 Å². The van der Waals surface area contributed by atoms with Crippen LogP contribution in [0.1, 0.15) is 25.6 Å². The number of benzene rings is 1. The highest BCUT2D eigenvalue weighted by molar-refractivity contribution is 9.10. The van der Waals surface area contributed by atoms with Crippen molar-refractivity contribution in [3.05, 3.63) is 22.2 Å². The Bertz CT molecular complexity index is 494. The van der Waals surface area contributed by atoms with Gasteiger partial charge in [-0.15, -0.1) is 0 Å². The van der Waals surface area contributed by atoms with Crippen LogP contribution in [0.5, 0.6) is 5.75 Å². The van der Waals surface area contributed by atoms with Crippen LogP contribution >= 0.6 is 15.9 Å². The smallest absolute Gasteiger partial charge is 0.491 e. The summed E-state index contributed by atoms with van der Waals surface area (Å²) in [6, 6.07) is 3.95. The lowest BCUT2D eigenvalue weighted by Crippen LogP contribution is -2.40. The predicted molar refractivity (Wildman–Crippen MR) is 73.1 cm³/mol. The Balaban J connectivity index is 2.13. The van der Waals surface area contributed by atoms with Gasteiger partial charge in [0.25, 0.3) is 0 Å². The minimum absolute atomic E-state index is 0.170. The van der Waals surface area contributed by atoms with E-state index in [2.05, 4.69) is 21.2 Å². The summed E-state index contributed by atoms with van der Waals surface area (Å²) in [6.07, 6.45) is -0.170. The number of ether oxygens (including phenoxy) is 1. The molecule has 6 heteroatoms. The molecule has 0 radical (unpaired) electrons. The number of nitrogens with one attached hydrogen (secondary N) is 1. The molecule has 4 nitrogen and oxygen atoms in total.